The number of hydrogen-bond donors (Lipinski definition) is 3. The minimum atomic E-state index is -0.224. The molecular formula is C12H18N2O3S. The third-order valence-corrected chi connectivity index (χ3v) is 3.01. The summed E-state index contributed by atoms with van der Waals surface area (Å²) in [4.78, 5) is 22.9. The fourth-order valence-corrected chi connectivity index (χ4v) is 1.98. The van der Waals surface area contributed by atoms with Gasteiger partial charge in [-0.2, -0.15) is 11.3 Å². The van der Waals surface area contributed by atoms with Crippen LogP contribution in [0, 0.1) is 0 Å². The normalized spacial score (nSPS) is 11.9. The van der Waals surface area contributed by atoms with Crippen LogP contribution in [0.5, 0.6) is 0 Å². The lowest BCUT2D eigenvalue weighted by atomic mass is 10.2. The van der Waals surface area contributed by atoms with Crippen molar-refractivity contribution in [2.75, 3.05) is 13.2 Å². The maximum Gasteiger partial charge on any atom is 0.252 e. The van der Waals surface area contributed by atoms with Gasteiger partial charge in [-0.15, -0.1) is 0 Å². The molecule has 1 rings (SSSR count). The number of carbonyl (C=O) groups is 2. The van der Waals surface area contributed by atoms with Gasteiger partial charge in [0.15, 0.2) is 0 Å². The maximum absolute atomic E-state index is 11.5. The van der Waals surface area contributed by atoms with Crippen molar-refractivity contribution in [3.63, 3.8) is 0 Å². The molecule has 0 saturated carbocycles. The van der Waals surface area contributed by atoms with E-state index >= 15 is 0 Å². The Hall–Kier alpha value is -1.40. The number of thiophene rings is 1. The number of amides is 2. The van der Waals surface area contributed by atoms with Crippen LogP contribution in [0.3, 0.4) is 0 Å². The van der Waals surface area contributed by atoms with Crippen LogP contribution < -0.4 is 10.6 Å². The summed E-state index contributed by atoms with van der Waals surface area (Å²) in [6.07, 6.45) is 0.925. The van der Waals surface area contributed by atoms with Crippen molar-refractivity contribution in [2.24, 2.45) is 0 Å². The van der Waals surface area contributed by atoms with Gasteiger partial charge in [0.1, 0.15) is 0 Å². The van der Waals surface area contributed by atoms with Crippen LogP contribution in [0.2, 0.25) is 0 Å². The van der Waals surface area contributed by atoms with E-state index in [0.717, 1.165) is 0 Å². The van der Waals surface area contributed by atoms with Crippen molar-refractivity contribution in [1.29, 1.82) is 0 Å². The first-order valence-electron chi connectivity index (χ1n) is 5.84. The molecule has 1 heterocycles. The average Bonchev–Trinajstić information content (AvgIpc) is 2.88. The number of nitrogens with one attached hydrogen (secondary N) is 2. The molecule has 100 valence electrons. The molecule has 1 aromatic heterocycles. The smallest absolute Gasteiger partial charge is 0.252 e. The van der Waals surface area contributed by atoms with E-state index in [2.05, 4.69) is 10.6 Å². The Balaban J connectivity index is 2.12. The molecule has 1 unspecified atom stereocenters. The van der Waals surface area contributed by atoms with Gasteiger partial charge in [-0.1, -0.05) is 0 Å². The molecule has 0 aliphatic rings. The Morgan fingerprint density at radius 1 is 1.50 bits per heavy atom. The Labute approximate surface area is 110 Å². The predicted molar refractivity (Wildman–Crippen MR) is 70.6 cm³/mol. The molecule has 0 aliphatic heterocycles. The predicted octanol–water partition coefficient (Wildman–Crippen LogP) is 0.755. The lowest BCUT2D eigenvalue weighted by Gasteiger charge is -2.10. The van der Waals surface area contributed by atoms with Gasteiger partial charge in [-0.05, 0) is 24.8 Å². The molecule has 0 aromatic carbocycles. The summed E-state index contributed by atoms with van der Waals surface area (Å²) in [5.41, 5.74) is 0.651. The van der Waals surface area contributed by atoms with E-state index < -0.39 is 0 Å². The molecule has 5 nitrogen and oxygen atoms in total. The second-order valence-corrected chi connectivity index (χ2v) is 4.80. The minimum Gasteiger partial charge on any atom is -0.394 e. The third-order valence-electron chi connectivity index (χ3n) is 2.33. The lowest BCUT2D eigenvalue weighted by Crippen LogP contribution is -2.35. The quantitative estimate of drug-likeness (QED) is 0.640. The summed E-state index contributed by atoms with van der Waals surface area (Å²) in [5.74, 6) is -0.221. The van der Waals surface area contributed by atoms with Gasteiger partial charge in [0.2, 0.25) is 5.91 Å². The van der Waals surface area contributed by atoms with E-state index in [-0.39, 0.29) is 24.5 Å². The molecule has 0 saturated heterocycles. The SMILES string of the molecule is CC(CO)NC(=O)CCCNC(=O)c1ccsc1. The van der Waals surface area contributed by atoms with Gasteiger partial charge in [-0.25, -0.2) is 0 Å². The molecule has 3 N–H and O–H groups in total. The first-order valence-corrected chi connectivity index (χ1v) is 6.78. The zero-order valence-corrected chi connectivity index (χ0v) is 11.1. The summed E-state index contributed by atoms with van der Waals surface area (Å²) in [6.45, 7) is 2.13. The van der Waals surface area contributed by atoms with Gasteiger partial charge in [-0.3, -0.25) is 9.59 Å². The summed E-state index contributed by atoms with van der Waals surface area (Å²) in [5, 5.41) is 17.8. The molecule has 0 radical (unpaired) electrons. The van der Waals surface area contributed by atoms with Gasteiger partial charge in [0.05, 0.1) is 6.61 Å². The molecule has 1 atom stereocenters. The molecule has 0 fully saturated rings. The molecule has 0 spiro atoms. The van der Waals surface area contributed by atoms with Gasteiger partial charge in [0, 0.05) is 30.0 Å². The van der Waals surface area contributed by atoms with Crippen LogP contribution in [-0.4, -0.2) is 36.1 Å². The van der Waals surface area contributed by atoms with Crippen molar-refractivity contribution in [1.82, 2.24) is 10.6 Å². The topological polar surface area (TPSA) is 78.4 Å². The van der Waals surface area contributed by atoms with Crippen molar-refractivity contribution in [3.05, 3.63) is 22.4 Å². The number of aliphatic hydroxyl groups excluding tert-OH is 1. The molecule has 1 aromatic rings. The monoisotopic (exact) mass is 270 g/mol. The minimum absolute atomic E-state index is 0.0688. The molecule has 0 aliphatic carbocycles. The first-order chi connectivity index (χ1) is 8.63. The van der Waals surface area contributed by atoms with Gasteiger partial charge >= 0.3 is 0 Å². The van der Waals surface area contributed by atoms with E-state index in [4.69, 9.17) is 5.11 Å². The second kappa shape index (κ2) is 7.84. The highest BCUT2D eigenvalue weighted by atomic mass is 32.1. The molecule has 2 amide bonds. The maximum atomic E-state index is 11.5. The Kier molecular flexibility index (Phi) is 6.38. The summed E-state index contributed by atoms with van der Waals surface area (Å²) in [6, 6.07) is 1.54. The summed E-state index contributed by atoms with van der Waals surface area (Å²) < 4.78 is 0. The number of carbonyl (C=O) groups excluding carboxylic acids is 2. The zero-order valence-electron chi connectivity index (χ0n) is 10.3. The summed E-state index contributed by atoms with van der Waals surface area (Å²) >= 11 is 1.47. The molecule has 6 heteroatoms. The second-order valence-electron chi connectivity index (χ2n) is 4.02. The Morgan fingerprint density at radius 3 is 2.89 bits per heavy atom. The standard InChI is InChI=1S/C12H18N2O3S/c1-9(7-15)14-11(16)3-2-5-13-12(17)10-4-6-18-8-10/h4,6,8-9,15H,2-3,5,7H2,1H3,(H,13,17)(H,14,16). The fourth-order valence-electron chi connectivity index (χ4n) is 1.34. The largest absolute Gasteiger partial charge is 0.394 e. The van der Waals surface area contributed by atoms with E-state index in [1.165, 1.54) is 11.3 Å². The average molecular weight is 270 g/mol. The number of aliphatic hydroxyl groups is 1. The Bertz CT molecular complexity index is 379. The Morgan fingerprint density at radius 2 is 2.28 bits per heavy atom. The van der Waals surface area contributed by atoms with Gasteiger partial charge in [0.25, 0.3) is 5.91 Å². The highest BCUT2D eigenvalue weighted by Gasteiger charge is 2.07. The number of rotatable bonds is 7. The highest BCUT2D eigenvalue weighted by Crippen LogP contribution is 2.05. The lowest BCUT2D eigenvalue weighted by molar-refractivity contribution is -0.122. The van der Waals surface area contributed by atoms with Crippen molar-refractivity contribution in [2.45, 2.75) is 25.8 Å². The van der Waals surface area contributed by atoms with Crippen LogP contribution >= 0.6 is 11.3 Å². The third kappa shape index (κ3) is 5.29. The highest BCUT2D eigenvalue weighted by molar-refractivity contribution is 7.08. The van der Waals surface area contributed by atoms with Crippen LogP contribution in [0.4, 0.5) is 0 Å². The summed E-state index contributed by atoms with van der Waals surface area (Å²) in [7, 11) is 0. The van der Waals surface area contributed by atoms with Crippen LogP contribution in [0.25, 0.3) is 0 Å². The van der Waals surface area contributed by atoms with E-state index in [1.54, 1.807) is 18.4 Å². The van der Waals surface area contributed by atoms with E-state index in [0.29, 0.717) is 24.9 Å². The fraction of sp³-hybridized carbons (Fsp3) is 0.500. The van der Waals surface area contributed by atoms with Crippen LogP contribution in [0.1, 0.15) is 30.1 Å². The molecular weight excluding hydrogens is 252 g/mol. The molecule has 18 heavy (non-hydrogen) atoms. The van der Waals surface area contributed by atoms with Crippen molar-refractivity contribution in [3.8, 4) is 0 Å². The van der Waals surface area contributed by atoms with Crippen LogP contribution in [-0.2, 0) is 4.79 Å². The van der Waals surface area contributed by atoms with E-state index in [1.807, 2.05) is 5.38 Å². The van der Waals surface area contributed by atoms with Crippen molar-refractivity contribution >= 4 is 23.2 Å². The van der Waals surface area contributed by atoms with Crippen LogP contribution in [0.15, 0.2) is 16.8 Å². The molecule has 0 bridgehead atoms. The first kappa shape index (κ1) is 14.7. The van der Waals surface area contributed by atoms with E-state index in [9.17, 15) is 9.59 Å². The van der Waals surface area contributed by atoms with Gasteiger partial charge < -0.3 is 15.7 Å². The number of hydrogen-bond acceptors (Lipinski definition) is 4. The zero-order chi connectivity index (χ0) is 13.4. The van der Waals surface area contributed by atoms with Crippen molar-refractivity contribution < 1.29 is 14.7 Å².